The minimum Gasteiger partial charge on any atom is -0.489 e. The van der Waals surface area contributed by atoms with Crippen LogP contribution >= 0.6 is 22.7 Å². The van der Waals surface area contributed by atoms with Crippen molar-refractivity contribution in [3.63, 3.8) is 0 Å². The number of carbonyl (C=O) groups excluding carboxylic acids is 1. The number of hydrogen-bond acceptors (Lipinski definition) is 7. The van der Waals surface area contributed by atoms with Crippen molar-refractivity contribution in [3.05, 3.63) is 119 Å². The lowest BCUT2D eigenvalue weighted by Crippen LogP contribution is -2.40. The van der Waals surface area contributed by atoms with Gasteiger partial charge >= 0.3 is 5.97 Å². The van der Waals surface area contributed by atoms with Gasteiger partial charge in [0.05, 0.1) is 28.5 Å². The lowest BCUT2D eigenvalue weighted by atomic mass is 9.96. The van der Waals surface area contributed by atoms with Crippen LogP contribution in [0.15, 0.2) is 93.2 Å². The number of fused-ring (bicyclic) bond motifs is 1. The van der Waals surface area contributed by atoms with Crippen LogP contribution in [0.25, 0.3) is 6.08 Å². The Kier molecular flexibility index (Phi) is 7.72. The van der Waals surface area contributed by atoms with E-state index in [0.29, 0.717) is 33.0 Å². The summed E-state index contributed by atoms with van der Waals surface area (Å²) in [6, 6.07) is 20.7. The van der Waals surface area contributed by atoms with Gasteiger partial charge in [-0.25, -0.2) is 9.79 Å². The summed E-state index contributed by atoms with van der Waals surface area (Å²) in [5.74, 6) is 0.431. The molecule has 2 aromatic heterocycles. The molecule has 0 radical (unpaired) electrons. The number of aromatic nitrogens is 1. The topological polar surface area (TPSA) is 69.9 Å². The van der Waals surface area contributed by atoms with Crippen LogP contribution < -0.4 is 19.6 Å². The molecule has 1 atom stereocenters. The molecule has 0 aliphatic carbocycles. The molecule has 4 aromatic rings. The molecule has 1 aliphatic heterocycles. The Bertz CT molecular complexity index is 1630. The maximum Gasteiger partial charge on any atom is 0.338 e. The molecule has 2 aromatic carbocycles. The Balaban J connectivity index is 1.54. The summed E-state index contributed by atoms with van der Waals surface area (Å²) in [5.41, 5.74) is 2.60. The largest absolute Gasteiger partial charge is 0.489 e. The van der Waals surface area contributed by atoms with Crippen molar-refractivity contribution < 1.29 is 14.3 Å². The number of hydrogen-bond donors (Lipinski definition) is 0. The zero-order valence-electron chi connectivity index (χ0n) is 21.4. The van der Waals surface area contributed by atoms with Crippen molar-refractivity contribution in [3.8, 4) is 5.75 Å². The first kappa shape index (κ1) is 25.9. The summed E-state index contributed by atoms with van der Waals surface area (Å²) in [4.78, 5) is 33.2. The van der Waals surface area contributed by atoms with Gasteiger partial charge in [-0.1, -0.05) is 73.7 Å². The minimum atomic E-state index is -0.653. The first-order chi connectivity index (χ1) is 18.4. The highest BCUT2D eigenvalue weighted by Crippen LogP contribution is 2.32. The molecule has 0 amide bonds. The molecule has 0 N–H and O–H groups in total. The normalized spacial score (nSPS) is 15.4. The number of thiophene rings is 1. The Morgan fingerprint density at radius 3 is 2.53 bits per heavy atom. The van der Waals surface area contributed by atoms with Gasteiger partial charge < -0.3 is 9.47 Å². The maximum atomic E-state index is 13.7. The number of carbonyl (C=O) groups is 1. The molecule has 194 valence electrons. The van der Waals surface area contributed by atoms with Gasteiger partial charge in [0, 0.05) is 4.88 Å². The summed E-state index contributed by atoms with van der Waals surface area (Å²) < 4.78 is 13.8. The second kappa shape index (κ2) is 11.3. The zero-order valence-corrected chi connectivity index (χ0v) is 23.1. The molecule has 3 heterocycles. The highest BCUT2D eigenvalue weighted by Gasteiger charge is 2.33. The number of benzene rings is 2. The smallest absolute Gasteiger partial charge is 0.338 e. The predicted octanol–water partition coefficient (Wildman–Crippen LogP) is 5.07. The molecule has 6 nitrogen and oxygen atoms in total. The number of thiazole rings is 1. The first-order valence-electron chi connectivity index (χ1n) is 12.4. The van der Waals surface area contributed by atoms with E-state index in [2.05, 4.69) is 4.99 Å². The molecule has 38 heavy (non-hydrogen) atoms. The standard InChI is InChI=1S/C30H28N2O4S2/c1-19(2)17-36-29(34)26-20(3)31-30-32(28(33)25(38-30)16-24-10-7-15-37-24)27(26)22-11-13-23(14-12-22)35-18-21-8-5-4-6-9-21/h4-16,19,27H,17-18H2,1-3H3/b25-16-. The molecule has 0 saturated heterocycles. The van der Waals surface area contributed by atoms with E-state index in [4.69, 9.17) is 9.47 Å². The second-order valence-electron chi connectivity index (χ2n) is 9.43. The summed E-state index contributed by atoms with van der Waals surface area (Å²) in [6.07, 6.45) is 1.88. The highest BCUT2D eigenvalue weighted by atomic mass is 32.1. The van der Waals surface area contributed by atoms with E-state index < -0.39 is 12.0 Å². The lowest BCUT2D eigenvalue weighted by molar-refractivity contribution is -0.140. The van der Waals surface area contributed by atoms with Crippen molar-refractivity contribution in [2.75, 3.05) is 6.61 Å². The molecule has 1 unspecified atom stereocenters. The van der Waals surface area contributed by atoms with Crippen LogP contribution in [0.5, 0.6) is 5.75 Å². The van der Waals surface area contributed by atoms with E-state index in [1.807, 2.05) is 92.0 Å². The van der Waals surface area contributed by atoms with Crippen LogP contribution in [0.4, 0.5) is 0 Å². The highest BCUT2D eigenvalue weighted by molar-refractivity contribution is 7.11. The Morgan fingerprint density at radius 1 is 1.08 bits per heavy atom. The summed E-state index contributed by atoms with van der Waals surface area (Å²) in [5, 5.41) is 1.97. The van der Waals surface area contributed by atoms with Gasteiger partial charge in [0.2, 0.25) is 0 Å². The fourth-order valence-corrected chi connectivity index (χ4v) is 5.98. The van der Waals surface area contributed by atoms with Gasteiger partial charge in [0.1, 0.15) is 12.4 Å². The lowest BCUT2D eigenvalue weighted by Gasteiger charge is -2.25. The van der Waals surface area contributed by atoms with E-state index in [9.17, 15) is 9.59 Å². The Labute approximate surface area is 228 Å². The Morgan fingerprint density at radius 2 is 1.84 bits per heavy atom. The van der Waals surface area contributed by atoms with E-state index in [1.165, 1.54) is 11.3 Å². The van der Waals surface area contributed by atoms with Crippen molar-refractivity contribution >= 4 is 34.7 Å². The van der Waals surface area contributed by atoms with E-state index >= 15 is 0 Å². The number of rotatable bonds is 8. The molecular formula is C30H28N2O4S2. The maximum absolute atomic E-state index is 13.7. The van der Waals surface area contributed by atoms with Gasteiger partial charge in [0.25, 0.3) is 5.56 Å². The summed E-state index contributed by atoms with van der Waals surface area (Å²) in [6.45, 7) is 6.51. The fraction of sp³-hybridized carbons (Fsp3) is 0.233. The first-order valence-corrected chi connectivity index (χ1v) is 14.1. The fourth-order valence-electron chi connectivity index (χ4n) is 4.21. The van der Waals surface area contributed by atoms with Crippen LogP contribution in [-0.4, -0.2) is 17.1 Å². The van der Waals surface area contributed by atoms with E-state index in [1.54, 1.807) is 22.8 Å². The third-order valence-corrected chi connectivity index (χ3v) is 7.85. The molecule has 0 saturated carbocycles. The van der Waals surface area contributed by atoms with Gasteiger partial charge in [-0.15, -0.1) is 11.3 Å². The molecule has 0 spiro atoms. The average molecular weight is 545 g/mol. The average Bonchev–Trinajstić information content (AvgIpc) is 3.54. The number of nitrogens with zero attached hydrogens (tertiary/aromatic N) is 2. The number of esters is 1. The molecular weight excluding hydrogens is 516 g/mol. The van der Waals surface area contributed by atoms with Gasteiger partial charge in [0.15, 0.2) is 4.80 Å². The SMILES string of the molecule is CC1=C(C(=O)OCC(C)C)C(c2ccc(OCc3ccccc3)cc2)n2c(s/c(=C\c3cccs3)c2=O)=N1. The van der Waals surface area contributed by atoms with Crippen molar-refractivity contribution in [2.24, 2.45) is 10.9 Å². The van der Waals surface area contributed by atoms with Crippen LogP contribution in [0, 0.1) is 5.92 Å². The van der Waals surface area contributed by atoms with Crippen molar-refractivity contribution in [2.45, 2.75) is 33.4 Å². The summed E-state index contributed by atoms with van der Waals surface area (Å²) >= 11 is 2.89. The number of allylic oxidation sites excluding steroid dienone is 1. The van der Waals surface area contributed by atoms with E-state index in [-0.39, 0.29) is 18.1 Å². The van der Waals surface area contributed by atoms with Crippen molar-refractivity contribution in [1.82, 2.24) is 4.57 Å². The predicted molar refractivity (Wildman–Crippen MR) is 151 cm³/mol. The van der Waals surface area contributed by atoms with Gasteiger partial charge in [-0.3, -0.25) is 9.36 Å². The molecule has 0 bridgehead atoms. The molecule has 5 rings (SSSR count). The van der Waals surface area contributed by atoms with Gasteiger partial charge in [-0.2, -0.15) is 0 Å². The third-order valence-electron chi connectivity index (χ3n) is 6.05. The van der Waals surface area contributed by atoms with E-state index in [0.717, 1.165) is 16.0 Å². The third kappa shape index (κ3) is 5.56. The monoisotopic (exact) mass is 544 g/mol. The van der Waals surface area contributed by atoms with Crippen LogP contribution in [0.1, 0.15) is 42.8 Å². The van der Waals surface area contributed by atoms with Gasteiger partial charge in [-0.05, 0) is 53.6 Å². The molecule has 0 fully saturated rings. The molecule has 8 heteroatoms. The number of ether oxygens (including phenoxy) is 2. The Hall–Kier alpha value is -3.75. The summed E-state index contributed by atoms with van der Waals surface area (Å²) in [7, 11) is 0. The van der Waals surface area contributed by atoms with Crippen LogP contribution in [0.2, 0.25) is 0 Å². The van der Waals surface area contributed by atoms with Crippen LogP contribution in [0.3, 0.4) is 0 Å². The quantitative estimate of drug-likeness (QED) is 0.290. The van der Waals surface area contributed by atoms with Crippen molar-refractivity contribution in [1.29, 1.82) is 0 Å². The minimum absolute atomic E-state index is 0.182. The van der Waals surface area contributed by atoms with Crippen LogP contribution in [-0.2, 0) is 16.1 Å². The zero-order chi connectivity index (χ0) is 26.6. The molecule has 1 aliphatic rings. The second-order valence-corrected chi connectivity index (χ2v) is 11.4.